The normalized spacial score (nSPS) is 28.4. The van der Waals surface area contributed by atoms with Gasteiger partial charge in [0, 0.05) is 35.6 Å². The number of nitrogens with zero attached hydrogens (tertiary/aromatic N) is 5. The number of aromatic nitrogens is 4. The van der Waals surface area contributed by atoms with Crippen molar-refractivity contribution in [2.75, 3.05) is 29.2 Å². The molecular formula is C21H27ClN6O3S2. The Hall–Kier alpha value is -1.69. The van der Waals surface area contributed by atoms with Crippen LogP contribution in [0.5, 0.6) is 0 Å². The molecule has 2 aromatic rings. The quantitative estimate of drug-likeness (QED) is 0.627. The largest absolute Gasteiger partial charge is 0.394 e. The van der Waals surface area contributed by atoms with E-state index in [1.807, 2.05) is 0 Å². The number of aryl methyl sites for hydroxylation is 1. The molecule has 1 saturated heterocycles. The summed E-state index contributed by atoms with van der Waals surface area (Å²) in [5, 5.41) is 13.7. The molecule has 0 unspecified atom stereocenters. The fourth-order valence-corrected chi connectivity index (χ4v) is 8.10. The predicted octanol–water partition coefficient (Wildman–Crippen LogP) is 2.98. The van der Waals surface area contributed by atoms with Gasteiger partial charge in [-0.15, -0.1) is 0 Å². The van der Waals surface area contributed by atoms with Crippen LogP contribution in [-0.2, 0) is 26.9 Å². The van der Waals surface area contributed by atoms with Crippen LogP contribution in [0.25, 0.3) is 0 Å². The van der Waals surface area contributed by atoms with Gasteiger partial charge in [0.15, 0.2) is 0 Å². The lowest BCUT2D eigenvalue weighted by Crippen LogP contribution is -2.48. The number of aliphatic hydroxyl groups excluding tert-OH is 1. The van der Waals surface area contributed by atoms with E-state index in [1.54, 1.807) is 12.4 Å². The van der Waals surface area contributed by atoms with Gasteiger partial charge in [-0.25, -0.2) is 19.2 Å². The molecular weight excluding hydrogens is 484 g/mol. The number of halogens is 1. The highest BCUT2D eigenvalue weighted by atomic mass is 35.5. The fraction of sp³-hybridized carbons (Fsp3) is 0.619. The van der Waals surface area contributed by atoms with Crippen LogP contribution in [0.1, 0.15) is 56.0 Å². The third-order valence-electron chi connectivity index (χ3n) is 6.72. The Morgan fingerprint density at radius 1 is 1.21 bits per heavy atom. The van der Waals surface area contributed by atoms with Crippen molar-refractivity contribution in [1.82, 2.24) is 19.9 Å². The second kappa shape index (κ2) is 9.16. The second-order valence-electron chi connectivity index (χ2n) is 9.02. The zero-order chi connectivity index (χ0) is 23.1. The maximum Gasteiger partial charge on any atom is 0.259 e. The molecule has 9 nitrogen and oxygen atoms in total. The van der Waals surface area contributed by atoms with E-state index in [-0.39, 0.29) is 18.5 Å². The van der Waals surface area contributed by atoms with Gasteiger partial charge in [0.25, 0.3) is 5.95 Å². The van der Waals surface area contributed by atoms with Gasteiger partial charge in [-0.3, -0.25) is 4.21 Å². The molecule has 0 amide bonds. The maximum absolute atomic E-state index is 13.5. The van der Waals surface area contributed by atoms with Crippen molar-refractivity contribution >= 4 is 43.9 Å². The van der Waals surface area contributed by atoms with Crippen LogP contribution in [0.15, 0.2) is 21.7 Å². The summed E-state index contributed by atoms with van der Waals surface area (Å²) in [6.07, 6.45) is 8.63. The molecule has 2 aliphatic heterocycles. The Bertz CT molecular complexity index is 1180. The van der Waals surface area contributed by atoms with Crippen molar-refractivity contribution in [3.63, 3.8) is 0 Å². The van der Waals surface area contributed by atoms with E-state index >= 15 is 0 Å². The average molecular weight is 511 g/mol. The van der Waals surface area contributed by atoms with E-state index in [2.05, 4.69) is 29.6 Å². The maximum atomic E-state index is 13.5. The van der Waals surface area contributed by atoms with Crippen LogP contribution in [0.2, 0.25) is 5.02 Å². The average Bonchev–Trinajstić information content (AvgIpc) is 2.77. The molecule has 1 saturated carbocycles. The van der Waals surface area contributed by atoms with Gasteiger partial charge in [-0.05, 0) is 44.9 Å². The van der Waals surface area contributed by atoms with E-state index in [0.717, 1.165) is 31.5 Å². The Kier molecular flexibility index (Phi) is 6.41. The predicted molar refractivity (Wildman–Crippen MR) is 128 cm³/mol. The lowest BCUT2D eigenvalue weighted by atomic mass is 9.77. The molecule has 5 rings (SSSR count). The van der Waals surface area contributed by atoms with Gasteiger partial charge in [-0.2, -0.15) is 9.35 Å². The van der Waals surface area contributed by atoms with Crippen LogP contribution in [0.3, 0.4) is 0 Å². The highest BCUT2D eigenvalue weighted by Gasteiger charge is 2.38. The SMILES string of the molecule is O=[S@]1CCCc2nc(N=S3(=O)CCC(c4ncc(Cl)cn4)CC3)nc(NC3(CO)CCC3)c21. The third kappa shape index (κ3) is 4.78. The minimum Gasteiger partial charge on any atom is -0.394 e. The number of aliphatic hydroxyl groups is 1. The lowest BCUT2D eigenvalue weighted by molar-refractivity contribution is 0.143. The van der Waals surface area contributed by atoms with Crippen LogP contribution in [-0.4, -0.2) is 62.9 Å². The molecule has 2 N–H and O–H groups in total. The molecule has 0 radical (unpaired) electrons. The highest BCUT2D eigenvalue weighted by molar-refractivity contribution is 7.93. The molecule has 1 aliphatic carbocycles. The number of hydrogen-bond acceptors (Lipinski definition) is 9. The Morgan fingerprint density at radius 3 is 2.58 bits per heavy atom. The van der Waals surface area contributed by atoms with Crippen molar-refractivity contribution < 1.29 is 13.5 Å². The van der Waals surface area contributed by atoms with E-state index in [9.17, 15) is 13.5 Å². The Balaban J connectivity index is 1.43. The minimum atomic E-state index is -2.52. The summed E-state index contributed by atoms with van der Waals surface area (Å²) in [7, 11) is -3.72. The van der Waals surface area contributed by atoms with Gasteiger partial charge in [0.2, 0.25) is 0 Å². The summed E-state index contributed by atoms with van der Waals surface area (Å²) in [5.41, 5.74) is 0.258. The van der Waals surface area contributed by atoms with Crippen LogP contribution in [0, 0.1) is 0 Å². The second-order valence-corrected chi connectivity index (χ2v) is 13.5. The Labute approximate surface area is 200 Å². The summed E-state index contributed by atoms with van der Waals surface area (Å²) < 4.78 is 30.8. The van der Waals surface area contributed by atoms with Gasteiger partial charge in [-0.1, -0.05) is 11.6 Å². The minimum absolute atomic E-state index is 0.0181. The molecule has 3 aliphatic rings. The molecule has 178 valence electrons. The van der Waals surface area contributed by atoms with E-state index in [0.29, 0.717) is 58.0 Å². The summed E-state index contributed by atoms with van der Waals surface area (Å²) in [4.78, 5) is 18.3. The van der Waals surface area contributed by atoms with Crippen molar-refractivity contribution in [3.8, 4) is 0 Å². The van der Waals surface area contributed by atoms with Crippen LogP contribution < -0.4 is 5.32 Å². The standard InChI is InChI=1S/C21H27ClN6O3S2/c22-15-11-23-18(24-12-15)14-4-9-33(31,10-5-14)28-20-25-16-3-1-8-32(30)17(16)19(26-20)27-21(13-29)6-2-7-21/h11-12,14,29H,1-10,13H2,(H,25,26,27)/t14?,32-,33?/m0/s1. The first-order valence-electron chi connectivity index (χ1n) is 11.3. The topological polar surface area (TPSA) is 130 Å². The molecule has 0 spiro atoms. The number of anilines is 1. The van der Waals surface area contributed by atoms with Crippen LogP contribution in [0.4, 0.5) is 11.8 Å². The zero-order valence-electron chi connectivity index (χ0n) is 18.2. The van der Waals surface area contributed by atoms with Gasteiger partial charge >= 0.3 is 0 Å². The Morgan fingerprint density at radius 2 is 1.94 bits per heavy atom. The number of hydrogen-bond donors (Lipinski definition) is 2. The van der Waals surface area contributed by atoms with Gasteiger partial charge < -0.3 is 10.4 Å². The van der Waals surface area contributed by atoms with E-state index in [4.69, 9.17) is 11.6 Å². The van der Waals surface area contributed by atoms with E-state index < -0.39 is 26.1 Å². The first kappa shape index (κ1) is 23.1. The number of fused-ring (bicyclic) bond motifs is 1. The third-order valence-corrected chi connectivity index (χ3v) is 10.7. The fourth-order valence-electron chi connectivity index (χ4n) is 4.60. The molecule has 0 bridgehead atoms. The summed E-state index contributed by atoms with van der Waals surface area (Å²) in [5.74, 6) is 2.89. The molecule has 2 fully saturated rings. The van der Waals surface area contributed by atoms with Crippen LogP contribution >= 0.6 is 11.6 Å². The van der Waals surface area contributed by atoms with Crippen molar-refractivity contribution in [2.24, 2.45) is 4.36 Å². The van der Waals surface area contributed by atoms with E-state index in [1.165, 1.54) is 0 Å². The molecule has 1 atom stereocenters. The highest BCUT2D eigenvalue weighted by Crippen LogP contribution is 2.38. The van der Waals surface area contributed by atoms with Gasteiger partial charge in [0.1, 0.15) is 16.5 Å². The summed E-state index contributed by atoms with van der Waals surface area (Å²) >= 11 is 5.88. The first-order valence-corrected chi connectivity index (χ1v) is 14.8. The smallest absolute Gasteiger partial charge is 0.259 e. The van der Waals surface area contributed by atoms with Crippen molar-refractivity contribution in [2.45, 2.75) is 61.3 Å². The molecule has 33 heavy (non-hydrogen) atoms. The number of nitrogens with one attached hydrogen (secondary N) is 1. The molecule has 2 aromatic heterocycles. The summed E-state index contributed by atoms with van der Waals surface area (Å²) in [6, 6.07) is 0. The molecule has 4 heterocycles. The van der Waals surface area contributed by atoms with Crippen molar-refractivity contribution in [1.29, 1.82) is 0 Å². The van der Waals surface area contributed by atoms with Crippen molar-refractivity contribution in [3.05, 3.63) is 28.9 Å². The van der Waals surface area contributed by atoms with Gasteiger partial charge in [0.05, 0.1) is 43.4 Å². The lowest BCUT2D eigenvalue weighted by Gasteiger charge is -2.42. The molecule has 12 heteroatoms. The summed E-state index contributed by atoms with van der Waals surface area (Å²) in [6.45, 7) is -0.0181. The first-order chi connectivity index (χ1) is 15.9. The monoisotopic (exact) mass is 510 g/mol. The molecule has 0 aromatic carbocycles. The zero-order valence-corrected chi connectivity index (χ0v) is 20.6. The number of rotatable bonds is 5.